The summed E-state index contributed by atoms with van der Waals surface area (Å²) >= 11 is 0. The molecular formula is C17H20F3N3O3. The summed E-state index contributed by atoms with van der Waals surface area (Å²) in [5.41, 5.74) is -0.244. The van der Waals surface area contributed by atoms with Crippen LogP contribution in [0.1, 0.15) is 42.6 Å². The maximum Gasteiger partial charge on any atom is 0.417 e. The van der Waals surface area contributed by atoms with Crippen LogP contribution >= 0.6 is 0 Å². The number of aromatic nitrogens is 2. The number of methoxy groups -OCH3 is 1. The zero-order valence-corrected chi connectivity index (χ0v) is 14.6. The van der Waals surface area contributed by atoms with Crippen molar-refractivity contribution in [3.05, 3.63) is 23.0 Å². The van der Waals surface area contributed by atoms with Crippen molar-refractivity contribution in [2.75, 3.05) is 26.8 Å². The second kappa shape index (κ2) is 7.22. The van der Waals surface area contributed by atoms with Gasteiger partial charge in [-0.2, -0.15) is 13.2 Å². The van der Waals surface area contributed by atoms with Crippen molar-refractivity contribution in [3.8, 4) is 0 Å². The minimum Gasteiger partial charge on any atom is -0.375 e. The number of alkyl halides is 3. The van der Waals surface area contributed by atoms with Crippen LogP contribution < -0.4 is 0 Å². The quantitative estimate of drug-likeness (QED) is 0.826. The van der Waals surface area contributed by atoms with E-state index in [0.29, 0.717) is 38.0 Å². The van der Waals surface area contributed by atoms with E-state index in [1.54, 1.807) is 11.8 Å². The van der Waals surface area contributed by atoms with Gasteiger partial charge in [0.1, 0.15) is 6.61 Å². The molecule has 0 atom stereocenters. The molecule has 142 valence electrons. The van der Waals surface area contributed by atoms with E-state index < -0.39 is 11.7 Å². The van der Waals surface area contributed by atoms with E-state index in [0.717, 1.165) is 6.07 Å². The SMILES string of the molecule is CCc1cc(C(F)(F)F)c2c(C3CCN(C(=O)COC)CC3)noc2n1. The fourth-order valence-corrected chi connectivity index (χ4v) is 3.32. The highest BCUT2D eigenvalue weighted by Crippen LogP contribution is 2.40. The first kappa shape index (κ1) is 18.6. The van der Waals surface area contributed by atoms with Crippen LogP contribution in [0.25, 0.3) is 11.1 Å². The van der Waals surface area contributed by atoms with Crippen molar-refractivity contribution in [2.45, 2.75) is 38.3 Å². The molecule has 3 heterocycles. The Kier molecular flexibility index (Phi) is 5.17. The van der Waals surface area contributed by atoms with Gasteiger partial charge in [0.15, 0.2) is 0 Å². The van der Waals surface area contributed by atoms with E-state index in [4.69, 9.17) is 9.26 Å². The minimum atomic E-state index is -4.51. The number of nitrogens with zero attached hydrogens (tertiary/aromatic N) is 3. The lowest BCUT2D eigenvalue weighted by Gasteiger charge is -2.31. The van der Waals surface area contributed by atoms with Crippen molar-refractivity contribution in [3.63, 3.8) is 0 Å². The molecule has 1 fully saturated rings. The molecule has 26 heavy (non-hydrogen) atoms. The Morgan fingerprint density at radius 1 is 1.38 bits per heavy atom. The fraction of sp³-hybridized carbons (Fsp3) is 0.588. The molecule has 3 rings (SSSR count). The molecule has 0 spiro atoms. The molecule has 2 aromatic rings. The van der Waals surface area contributed by atoms with Gasteiger partial charge in [-0.25, -0.2) is 4.98 Å². The highest BCUT2D eigenvalue weighted by molar-refractivity contribution is 5.82. The summed E-state index contributed by atoms with van der Waals surface area (Å²) in [5.74, 6) is -0.334. The monoisotopic (exact) mass is 371 g/mol. The van der Waals surface area contributed by atoms with Crippen LogP contribution in [0.3, 0.4) is 0 Å². The van der Waals surface area contributed by atoms with Crippen LogP contribution in [-0.2, 0) is 22.1 Å². The number of piperidine rings is 1. The zero-order valence-electron chi connectivity index (χ0n) is 14.6. The van der Waals surface area contributed by atoms with E-state index in [1.165, 1.54) is 7.11 Å². The first-order chi connectivity index (χ1) is 12.3. The Hall–Kier alpha value is -2.16. The third kappa shape index (κ3) is 3.53. The van der Waals surface area contributed by atoms with E-state index >= 15 is 0 Å². The smallest absolute Gasteiger partial charge is 0.375 e. The van der Waals surface area contributed by atoms with Gasteiger partial charge in [0.05, 0.1) is 16.6 Å². The summed E-state index contributed by atoms with van der Waals surface area (Å²) < 4.78 is 50.6. The average Bonchev–Trinajstić information content (AvgIpc) is 3.04. The minimum absolute atomic E-state index is 0.000502. The molecule has 1 aliphatic rings. The summed E-state index contributed by atoms with van der Waals surface area (Å²) in [5, 5.41) is 3.85. The van der Waals surface area contributed by atoms with Gasteiger partial charge in [-0.3, -0.25) is 4.79 Å². The molecule has 6 nitrogen and oxygen atoms in total. The number of pyridine rings is 1. The Balaban J connectivity index is 1.91. The van der Waals surface area contributed by atoms with E-state index in [9.17, 15) is 18.0 Å². The molecule has 0 aliphatic carbocycles. The largest absolute Gasteiger partial charge is 0.417 e. The van der Waals surface area contributed by atoms with Gasteiger partial charge in [0.2, 0.25) is 5.91 Å². The Morgan fingerprint density at radius 2 is 2.08 bits per heavy atom. The van der Waals surface area contributed by atoms with Crippen LogP contribution in [0.15, 0.2) is 10.6 Å². The van der Waals surface area contributed by atoms with Gasteiger partial charge in [-0.15, -0.1) is 0 Å². The number of hydrogen-bond acceptors (Lipinski definition) is 5. The topological polar surface area (TPSA) is 68.5 Å². The van der Waals surface area contributed by atoms with Gasteiger partial charge in [-0.1, -0.05) is 12.1 Å². The molecule has 0 unspecified atom stereocenters. The summed E-state index contributed by atoms with van der Waals surface area (Å²) in [4.78, 5) is 17.7. The van der Waals surface area contributed by atoms with Gasteiger partial charge in [0, 0.05) is 31.8 Å². The third-order valence-corrected chi connectivity index (χ3v) is 4.70. The zero-order chi connectivity index (χ0) is 18.9. The number of carbonyl (C=O) groups is 1. The van der Waals surface area contributed by atoms with Gasteiger partial charge in [-0.05, 0) is 25.3 Å². The molecule has 2 aromatic heterocycles. The molecule has 9 heteroatoms. The first-order valence-electron chi connectivity index (χ1n) is 8.48. The van der Waals surface area contributed by atoms with E-state index in [2.05, 4.69) is 10.1 Å². The molecular weight excluding hydrogens is 351 g/mol. The number of rotatable bonds is 4. The summed E-state index contributed by atoms with van der Waals surface area (Å²) in [6, 6.07) is 1.07. The summed E-state index contributed by atoms with van der Waals surface area (Å²) in [7, 11) is 1.45. The first-order valence-corrected chi connectivity index (χ1v) is 8.48. The lowest BCUT2D eigenvalue weighted by atomic mass is 9.90. The summed E-state index contributed by atoms with van der Waals surface area (Å²) in [6.45, 7) is 2.63. The Bertz CT molecular complexity index is 796. The maximum absolute atomic E-state index is 13.5. The molecule has 0 saturated carbocycles. The van der Waals surface area contributed by atoms with Crippen molar-refractivity contribution in [2.24, 2.45) is 0 Å². The van der Waals surface area contributed by atoms with Crippen LogP contribution in [0.5, 0.6) is 0 Å². The maximum atomic E-state index is 13.5. The molecule has 1 aliphatic heterocycles. The van der Waals surface area contributed by atoms with Crippen LogP contribution in [0.2, 0.25) is 0 Å². The highest BCUT2D eigenvalue weighted by Gasteiger charge is 2.38. The number of aryl methyl sites for hydroxylation is 1. The van der Waals surface area contributed by atoms with Crippen LogP contribution in [0.4, 0.5) is 13.2 Å². The van der Waals surface area contributed by atoms with E-state index in [1.807, 2.05) is 0 Å². The Morgan fingerprint density at radius 3 is 2.65 bits per heavy atom. The van der Waals surface area contributed by atoms with Crippen LogP contribution in [-0.4, -0.2) is 47.8 Å². The number of halogens is 3. The molecule has 0 bridgehead atoms. The van der Waals surface area contributed by atoms with Gasteiger partial charge < -0.3 is 14.2 Å². The second-order valence-corrected chi connectivity index (χ2v) is 6.35. The number of likely N-dealkylation sites (tertiary alicyclic amines) is 1. The number of fused-ring (bicyclic) bond motifs is 1. The normalized spacial score (nSPS) is 16.4. The van der Waals surface area contributed by atoms with Crippen molar-refractivity contribution >= 4 is 17.0 Å². The molecule has 0 radical (unpaired) electrons. The van der Waals surface area contributed by atoms with Crippen molar-refractivity contribution < 1.29 is 27.2 Å². The number of amides is 1. The summed E-state index contributed by atoms with van der Waals surface area (Å²) in [6.07, 6.45) is -3.11. The van der Waals surface area contributed by atoms with E-state index in [-0.39, 0.29) is 35.2 Å². The molecule has 1 amide bonds. The van der Waals surface area contributed by atoms with Crippen molar-refractivity contribution in [1.82, 2.24) is 15.0 Å². The van der Waals surface area contributed by atoms with Crippen molar-refractivity contribution in [1.29, 1.82) is 0 Å². The average molecular weight is 371 g/mol. The molecule has 1 saturated heterocycles. The number of carbonyl (C=O) groups excluding carboxylic acids is 1. The highest BCUT2D eigenvalue weighted by atomic mass is 19.4. The Labute approximate surface area is 148 Å². The lowest BCUT2D eigenvalue weighted by Crippen LogP contribution is -2.39. The predicted octanol–water partition coefficient (Wildman–Crippen LogP) is 3.16. The fourth-order valence-electron chi connectivity index (χ4n) is 3.32. The number of hydrogen-bond donors (Lipinski definition) is 0. The number of ether oxygens (including phenoxy) is 1. The lowest BCUT2D eigenvalue weighted by molar-refractivity contribution is -0.136. The van der Waals surface area contributed by atoms with Gasteiger partial charge >= 0.3 is 6.18 Å². The standard InChI is InChI=1S/C17H20F3N3O3/c1-3-11-8-12(17(18,19)20)14-15(22-26-16(14)21-11)10-4-6-23(7-5-10)13(24)9-25-2/h8,10H,3-7,9H2,1-2H3. The predicted molar refractivity (Wildman–Crippen MR) is 86.6 cm³/mol. The molecule has 0 N–H and O–H groups in total. The molecule has 0 aromatic carbocycles. The third-order valence-electron chi connectivity index (χ3n) is 4.70. The van der Waals surface area contributed by atoms with Crippen LogP contribution in [0, 0.1) is 0 Å². The van der Waals surface area contributed by atoms with Gasteiger partial charge in [0.25, 0.3) is 5.71 Å². The second-order valence-electron chi connectivity index (χ2n) is 6.35.